The lowest BCUT2D eigenvalue weighted by Gasteiger charge is -2.27. The second kappa shape index (κ2) is 9.80. The second-order valence-corrected chi connectivity index (χ2v) is 9.59. The van der Waals surface area contributed by atoms with Crippen molar-refractivity contribution in [1.29, 1.82) is 0 Å². The third kappa shape index (κ3) is 4.44. The molecule has 0 unspecified atom stereocenters. The molecule has 6 nitrogen and oxygen atoms in total. The maximum atomic E-state index is 13.3. The summed E-state index contributed by atoms with van der Waals surface area (Å²) in [4.78, 5) is 23.8. The number of fused-ring (bicyclic) bond motifs is 1. The van der Waals surface area contributed by atoms with Crippen LogP contribution in [-0.2, 0) is 4.74 Å². The number of ether oxygens (including phenoxy) is 1. The van der Waals surface area contributed by atoms with Crippen molar-refractivity contribution in [3.8, 4) is 11.3 Å². The number of hydrogen-bond donors (Lipinski definition) is 0. The van der Waals surface area contributed by atoms with Crippen molar-refractivity contribution in [3.63, 3.8) is 0 Å². The highest BCUT2D eigenvalue weighted by Gasteiger charge is 2.21. The van der Waals surface area contributed by atoms with Gasteiger partial charge in [-0.15, -0.1) is 0 Å². The standard InChI is InChI=1S/C25H20Cl2N4O2S/c1-30(25(32)18-6-4-17(14-22(18)27)31-15-33-11-12-34-31)16-5-7-21(26)20(13-16)24-19-3-2-9-28-23(19)8-10-29-24/h2-10,13-14H,11-12,15H2,1H3. The summed E-state index contributed by atoms with van der Waals surface area (Å²) < 4.78 is 7.52. The number of carbonyl (C=O) groups excluding carboxylic acids is 1. The molecule has 0 saturated carbocycles. The number of benzene rings is 2. The minimum atomic E-state index is -0.222. The molecular weight excluding hydrogens is 491 g/mol. The van der Waals surface area contributed by atoms with Gasteiger partial charge in [0.2, 0.25) is 0 Å². The molecule has 1 aliphatic rings. The maximum Gasteiger partial charge on any atom is 0.259 e. The van der Waals surface area contributed by atoms with Crippen LogP contribution in [0.4, 0.5) is 11.4 Å². The van der Waals surface area contributed by atoms with Crippen molar-refractivity contribution >= 4 is 63.3 Å². The zero-order valence-electron chi connectivity index (χ0n) is 18.2. The molecule has 5 rings (SSSR count). The Kier molecular flexibility index (Phi) is 6.61. The third-order valence-electron chi connectivity index (χ3n) is 5.58. The molecule has 1 aliphatic heterocycles. The van der Waals surface area contributed by atoms with Crippen LogP contribution in [0.15, 0.2) is 67.0 Å². The third-order valence-corrected chi connectivity index (χ3v) is 7.20. The average Bonchev–Trinajstić information content (AvgIpc) is 2.88. The number of carbonyl (C=O) groups is 1. The van der Waals surface area contributed by atoms with Crippen LogP contribution in [0.25, 0.3) is 22.2 Å². The first-order chi connectivity index (χ1) is 16.5. The lowest BCUT2D eigenvalue weighted by Crippen LogP contribution is -2.27. The first-order valence-corrected chi connectivity index (χ1v) is 12.3. The van der Waals surface area contributed by atoms with E-state index >= 15 is 0 Å². The molecule has 1 saturated heterocycles. The molecule has 2 aromatic carbocycles. The Balaban J connectivity index is 1.46. The van der Waals surface area contributed by atoms with Gasteiger partial charge in [0.15, 0.2) is 0 Å². The number of halogens is 2. The predicted octanol–water partition coefficient (Wildman–Crippen LogP) is 6.32. The van der Waals surface area contributed by atoms with E-state index in [-0.39, 0.29) is 5.91 Å². The fourth-order valence-electron chi connectivity index (χ4n) is 3.79. The minimum absolute atomic E-state index is 0.222. The monoisotopic (exact) mass is 510 g/mol. The van der Waals surface area contributed by atoms with Crippen LogP contribution < -0.4 is 9.21 Å². The molecule has 34 heavy (non-hydrogen) atoms. The number of amides is 1. The van der Waals surface area contributed by atoms with Crippen molar-refractivity contribution in [2.24, 2.45) is 0 Å². The van der Waals surface area contributed by atoms with Crippen LogP contribution in [0.1, 0.15) is 10.4 Å². The SMILES string of the molecule is CN(C(=O)c1ccc(N2COCCS2)cc1Cl)c1ccc(Cl)c(-c2nccc3ncccc23)c1. The molecule has 1 amide bonds. The molecule has 3 heterocycles. The van der Waals surface area contributed by atoms with E-state index in [0.717, 1.165) is 34.5 Å². The van der Waals surface area contributed by atoms with E-state index in [1.165, 1.54) is 0 Å². The summed E-state index contributed by atoms with van der Waals surface area (Å²) in [5.41, 5.74) is 4.25. The van der Waals surface area contributed by atoms with Crippen LogP contribution >= 0.6 is 35.1 Å². The quantitative estimate of drug-likeness (QED) is 0.299. The number of aromatic nitrogens is 2. The van der Waals surface area contributed by atoms with Crippen molar-refractivity contribution in [3.05, 3.63) is 82.6 Å². The smallest absolute Gasteiger partial charge is 0.259 e. The second-order valence-electron chi connectivity index (χ2n) is 7.67. The highest BCUT2D eigenvalue weighted by atomic mass is 35.5. The Morgan fingerprint density at radius 1 is 1.06 bits per heavy atom. The Labute approximate surface area is 211 Å². The molecular formula is C25H20Cl2N4O2S. The van der Waals surface area contributed by atoms with E-state index in [9.17, 15) is 4.79 Å². The molecule has 0 aliphatic carbocycles. The zero-order chi connectivity index (χ0) is 23.7. The fourth-order valence-corrected chi connectivity index (χ4v) is 5.08. The molecule has 172 valence electrons. The fraction of sp³-hybridized carbons (Fsp3) is 0.160. The number of anilines is 2. The molecule has 2 aromatic heterocycles. The van der Waals surface area contributed by atoms with E-state index < -0.39 is 0 Å². The first kappa shape index (κ1) is 22.9. The molecule has 0 N–H and O–H groups in total. The maximum absolute atomic E-state index is 13.3. The van der Waals surface area contributed by atoms with Gasteiger partial charge in [-0.05, 0) is 66.5 Å². The van der Waals surface area contributed by atoms with Gasteiger partial charge in [0, 0.05) is 41.8 Å². The zero-order valence-corrected chi connectivity index (χ0v) is 20.6. The summed E-state index contributed by atoms with van der Waals surface area (Å²) in [5, 5.41) is 1.81. The Morgan fingerprint density at radius 3 is 2.74 bits per heavy atom. The van der Waals surface area contributed by atoms with Crippen LogP contribution in [0, 0.1) is 0 Å². The Bertz CT molecular complexity index is 1370. The first-order valence-electron chi connectivity index (χ1n) is 10.6. The largest absolute Gasteiger partial charge is 0.359 e. The lowest BCUT2D eigenvalue weighted by atomic mass is 10.1. The number of pyridine rings is 2. The molecule has 0 bridgehead atoms. The van der Waals surface area contributed by atoms with Gasteiger partial charge < -0.3 is 9.64 Å². The molecule has 1 fully saturated rings. The highest BCUT2D eigenvalue weighted by Crippen LogP contribution is 2.35. The molecule has 0 radical (unpaired) electrons. The normalized spacial score (nSPS) is 13.8. The summed E-state index contributed by atoms with van der Waals surface area (Å²) in [6.07, 6.45) is 3.44. The summed E-state index contributed by atoms with van der Waals surface area (Å²) in [5.74, 6) is 0.654. The van der Waals surface area contributed by atoms with E-state index in [1.54, 1.807) is 60.6 Å². The van der Waals surface area contributed by atoms with Crippen molar-refractivity contribution in [2.45, 2.75) is 0 Å². The summed E-state index contributed by atoms with van der Waals surface area (Å²) in [7, 11) is 1.71. The van der Waals surface area contributed by atoms with Gasteiger partial charge in [-0.1, -0.05) is 23.2 Å². The van der Waals surface area contributed by atoms with Crippen LogP contribution in [0.2, 0.25) is 10.0 Å². The van der Waals surface area contributed by atoms with Gasteiger partial charge in [-0.25, -0.2) is 0 Å². The summed E-state index contributed by atoms with van der Waals surface area (Å²) in [6, 6.07) is 16.5. The molecule has 0 atom stereocenters. The highest BCUT2D eigenvalue weighted by molar-refractivity contribution is 8.00. The van der Waals surface area contributed by atoms with Gasteiger partial charge in [-0.3, -0.25) is 19.1 Å². The van der Waals surface area contributed by atoms with Gasteiger partial charge in [-0.2, -0.15) is 0 Å². The van der Waals surface area contributed by atoms with E-state index in [0.29, 0.717) is 33.7 Å². The summed E-state index contributed by atoms with van der Waals surface area (Å²) in [6.45, 7) is 1.21. The van der Waals surface area contributed by atoms with Gasteiger partial charge in [0.1, 0.15) is 6.73 Å². The van der Waals surface area contributed by atoms with E-state index in [4.69, 9.17) is 27.9 Å². The Morgan fingerprint density at radius 2 is 1.94 bits per heavy atom. The van der Waals surface area contributed by atoms with Crippen LogP contribution in [0.3, 0.4) is 0 Å². The van der Waals surface area contributed by atoms with Crippen molar-refractivity contribution in [2.75, 3.05) is 35.3 Å². The number of hydrogen-bond acceptors (Lipinski definition) is 6. The van der Waals surface area contributed by atoms with E-state index in [2.05, 4.69) is 9.97 Å². The van der Waals surface area contributed by atoms with Crippen LogP contribution in [-0.4, -0.2) is 42.0 Å². The van der Waals surface area contributed by atoms with Crippen LogP contribution in [0.5, 0.6) is 0 Å². The number of nitrogens with zero attached hydrogens (tertiary/aromatic N) is 4. The Hall–Kier alpha value is -2.84. The predicted molar refractivity (Wildman–Crippen MR) is 140 cm³/mol. The lowest BCUT2D eigenvalue weighted by molar-refractivity contribution is 0.0993. The molecule has 0 spiro atoms. The van der Waals surface area contributed by atoms with Crippen molar-refractivity contribution < 1.29 is 9.53 Å². The van der Waals surface area contributed by atoms with E-state index in [1.807, 2.05) is 34.6 Å². The topological polar surface area (TPSA) is 58.6 Å². The van der Waals surface area contributed by atoms with Gasteiger partial charge >= 0.3 is 0 Å². The summed E-state index contributed by atoms with van der Waals surface area (Å²) >= 11 is 14.8. The molecule has 4 aromatic rings. The number of rotatable bonds is 4. The average molecular weight is 511 g/mol. The minimum Gasteiger partial charge on any atom is -0.359 e. The van der Waals surface area contributed by atoms with Gasteiger partial charge in [0.25, 0.3) is 5.91 Å². The van der Waals surface area contributed by atoms with Gasteiger partial charge in [0.05, 0.1) is 39.1 Å². The molecule has 9 heteroatoms. The van der Waals surface area contributed by atoms with Crippen molar-refractivity contribution in [1.82, 2.24) is 9.97 Å².